The summed E-state index contributed by atoms with van der Waals surface area (Å²) in [7, 11) is 0. The van der Waals surface area contributed by atoms with Crippen molar-refractivity contribution in [2.24, 2.45) is 0 Å². The van der Waals surface area contributed by atoms with Gasteiger partial charge in [-0.1, -0.05) is 6.08 Å². The quantitative estimate of drug-likeness (QED) is 0.132. The van der Waals surface area contributed by atoms with Crippen LogP contribution in [0.25, 0.3) is 0 Å². The molecule has 264 valence electrons. The lowest BCUT2D eigenvalue weighted by Crippen LogP contribution is -2.67. The van der Waals surface area contributed by atoms with Gasteiger partial charge in [0.25, 0.3) is 0 Å². The molecular formula is C29H40O18. The third-order valence-corrected chi connectivity index (χ3v) is 6.26. The first kappa shape index (κ1) is 39.1. The Morgan fingerprint density at radius 2 is 0.872 bits per heavy atom. The van der Waals surface area contributed by atoms with Crippen molar-refractivity contribution in [1.29, 1.82) is 0 Å². The van der Waals surface area contributed by atoms with Crippen LogP contribution in [0.4, 0.5) is 0 Å². The van der Waals surface area contributed by atoms with Crippen molar-refractivity contribution < 1.29 is 85.7 Å². The van der Waals surface area contributed by atoms with Crippen LogP contribution < -0.4 is 0 Å². The van der Waals surface area contributed by atoms with Crippen LogP contribution in [-0.4, -0.2) is 123 Å². The first-order chi connectivity index (χ1) is 22.0. The lowest BCUT2D eigenvalue weighted by atomic mass is 9.96. The van der Waals surface area contributed by atoms with Crippen LogP contribution in [0.5, 0.6) is 0 Å². The van der Waals surface area contributed by atoms with Gasteiger partial charge < -0.3 is 52.1 Å². The summed E-state index contributed by atoms with van der Waals surface area (Å²) in [6.45, 7) is 9.85. The van der Waals surface area contributed by atoms with E-state index in [9.17, 15) is 33.6 Å². The van der Waals surface area contributed by atoms with E-state index < -0.39 is 116 Å². The molecule has 2 heterocycles. The van der Waals surface area contributed by atoms with Crippen LogP contribution >= 0.6 is 0 Å². The molecule has 0 unspecified atom stereocenters. The van der Waals surface area contributed by atoms with Gasteiger partial charge in [-0.3, -0.25) is 33.6 Å². The van der Waals surface area contributed by atoms with Crippen molar-refractivity contribution in [2.75, 3.05) is 19.8 Å². The summed E-state index contributed by atoms with van der Waals surface area (Å²) >= 11 is 0. The normalized spacial score (nSPS) is 30.1. The molecule has 18 nitrogen and oxygen atoms in total. The van der Waals surface area contributed by atoms with Gasteiger partial charge in [0, 0.05) is 48.5 Å². The number of rotatable bonds is 14. The van der Waals surface area contributed by atoms with Gasteiger partial charge in [0.05, 0.1) is 6.61 Å². The fourth-order valence-corrected chi connectivity index (χ4v) is 4.77. The molecule has 0 aliphatic carbocycles. The van der Waals surface area contributed by atoms with E-state index in [1.165, 1.54) is 6.08 Å². The molecule has 0 spiro atoms. The fourth-order valence-electron chi connectivity index (χ4n) is 4.77. The van der Waals surface area contributed by atoms with Gasteiger partial charge in [-0.25, -0.2) is 0 Å². The van der Waals surface area contributed by atoms with E-state index in [1.54, 1.807) is 0 Å². The van der Waals surface area contributed by atoms with Crippen molar-refractivity contribution in [3.05, 3.63) is 12.7 Å². The summed E-state index contributed by atoms with van der Waals surface area (Å²) in [5, 5.41) is 0. The second-order valence-electron chi connectivity index (χ2n) is 10.3. The molecular weight excluding hydrogens is 636 g/mol. The van der Waals surface area contributed by atoms with E-state index in [0.29, 0.717) is 0 Å². The highest BCUT2D eigenvalue weighted by molar-refractivity contribution is 5.69. The SMILES string of the molecule is C=CCO[C@H]1O[C@H](COC(C)=O)[C@H](O[C@@H]2O[C@H](COC(C)=O)[C@H](OC(C)=O)[C@H](OC(C)=O)[C@H]2OC(C)=O)[C@H](OC(C)=O)[C@H]1OC(C)=O. The average molecular weight is 677 g/mol. The Balaban J connectivity index is 2.72. The summed E-state index contributed by atoms with van der Waals surface area (Å²) in [4.78, 5) is 84.6. The minimum absolute atomic E-state index is 0.110. The molecule has 0 bridgehead atoms. The molecule has 2 aliphatic rings. The second-order valence-corrected chi connectivity index (χ2v) is 10.3. The largest absolute Gasteiger partial charge is 0.463 e. The molecule has 2 saturated heterocycles. The van der Waals surface area contributed by atoms with Crippen LogP contribution in [0.15, 0.2) is 12.7 Å². The Morgan fingerprint density at radius 1 is 0.511 bits per heavy atom. The van der Waals surface area contributed by atoms with Gasteiger partial charge in [-0.05, 0) is 0 Å². The third-order valence-electron chi connectivity index (χ3n) is 6.26. The van der Waals surface area contributed by atoms with Crippen molar-refractivity contribution in [2.45, 2.75) is 110 Å². The summed E-state index contributed by atoms with van der Waals surface area (Å²) in [5.74, 6) is -5.81. The Morgan fingerprint density at radius 3 is 1.30 bits per heavy atom. The number of carbonyl (C=O) groups excluding carboxylic acids is 7. The summed E-state index contributed by atoms with van der Waals surface area (Å²) in [5.41, 5.74) is 0. The first-order valence-electron chi connectivity index (χ1n) is 14.4. The van der Waals surface area contributed by atoms with E-state index in [0.717, 1.165) is 48.5 Å². The molecule has 2 rings (SSSR count). The third kappa shape index (κ3) is 12.2. The average Bonchev–Trinajstić information content (AvgIpc) is 2.94. The Labute approximate surface area is 270 Å². The van der Waals surface area contributed by atoms with Crippen LogP contribution in [0.2, 0.25) is 0 Å². The van der Waals surface area contributed by atoms with Crippen molar-refractivity contribution >= 4 is 41.8 Å². The van der Waals surface area contributed by atoms with E-state index in [-0.39, 0.29) is 6.61 Å². The summed E-state index contributed by atoms with van der Waals surface area (Å²) in [6.07, 6.45) is -13.9. The number of hydrogen-bond acceptors (Lipinski definition) is 18. The minimum Gasteiger partial charge on any atom is -0.463 e. The lowest BCUT2D eigenvalue weighted by molar-refractivity contribution is -0.360. The van der Waals surface area contributed by atoms with E-state index in [2.05, 4.69) is 6.58 Å². The molecule has 47 heavy (non-hydrogen) atoms. The predicted octanol–water partition coefficient (Wildman–Crippen LogP) is -0.191. The molecule has 10 atom stereocenters. The van der Waals surface area contributed by atoms with E-state index in [1.807, 2.05) is 0 Å². The predicted molar refractivity (Wildman–Crippen MR) is 149 cm³/mol. The van der Waals surface area contributed by atoms with Gasteiger partial charge in [-0.15, -0.1) is 6.58 Å². The van der Waals surface area contributed by atoms with Gasteiger partial charge in [0.15, 0.2) is 43.1 Å². The molecule has 2 fully saturated rings. The van der Waals surface area contributed by atoms with Crippen LogP contribution in [0.1, 0.15) is 48.5 Å². The Kier molecular flexibility index (Phi) is 15.2. The lowest BCUT2D eigenvalue weighted by Gasteiger charge is -2.48. The molecule has 0 radical (unpaired) electrons. The molecule has 2 aliphatic heterocycles. The van der Waals surface area contributed by atoms with Crippen molar-refractivity contribution in [1.82, 2.24) is 0 Å². The maximum Gasteiger partial charge on any atom is 0.303 e. The molecule has 0 N–H and O–H groups in total. The van der Waals surface area contributed by atoms with Gasteiger partial charge in [-0.2, -0.15) is 0 Å². The number of esters is 7. The standard InChI is InChI=1S/C29H40O18/c1-9-10-37-28-26(43-18(7)35)25(42-17(6)34)23(21(45-28)12-39-14(3)31)47-29-27(44-19(8)36)24(41-16(5)33)22(40-15(4)32)20(46-29)11-38-13(2)30/h9,20-29H,1,10-12H2,2-8H3/t20-,21-,22+,23+,24+,25+,26-,27-,28+,29+/m1/s1. The second kappa shape index (κ2) is 18.3. The van der Waals surface area contributed by atoms with Crippen LogP contribution in [0.3, 0.4) is 0 Å². The topological polar surface area (TPSA) is 221 Å². The summed E-state index contributed by atoms with van der Waals surface area (Å²) < 4.78 is 61.3. The van der Waals surface area contributed by atoms with E-state index >= 15 is 0 Å². The zero-order valence-electron chi connectivity index (χ0n) is 27.0. The highest BCUT2D eigenvalue weighted by Crippen LogP contribution is 2.35. The Bertz CT molecular complexity index is 1170. The molecule has 0 aromatic rings. The number of hydrogen-bond donors (Lipinski definition) is 0. The molecule has 0 saturated carbocycles. The van der Waals surface area contributed by atoms with Crippen LogP contribution in [-0.2, 0) is 85.7 Å². The van der Waals surface area contributed by atoms with Crippen molar-refractivity contribution in [3.63, 3.8) is 0 Å². The molecule has 0 aromatic carbocycles. The Hall–Kier alpha value is -4.13. The van der Waals surface area contributed by atoms with Gasteiger partial charge >= 0.3 is 41.8 Å². The van der Waals surface area contributed by atoms with Gasteiger partial charge in [0.2, 0.25) is 0 Å². The first-order valence-corrected chi connectivity index (χ1v) is 14.4. The minimum atomic E-state index is -1.77. The molecule has 18 heteroatoms. The van der Waals surface area contributed by atoms with Crippen molar-refractivity contribution in [3.8, 4) is 0 Å². The zero-order chi connectivity index (χ0) is 35.4. The van der Waals surface area contributed by atoms with E-state index in [4.69, 9.17) is 52.1 Å². The highest BCUT2D eigenvalue weighted by Gasteiger charge is 2.57. The highest BCUT2D eigenvalue weighted by atomic mass is 16.8. The monoisotopic (exact) mass is 676 g/mol. The number of carbonyl (C=O) groups is 7. The molecule has 0 amide bonds. The van der Waals surface area contributed by atoms with Gasteiger partial charge in [0.1, 0.15) is 31.5 Å². The smallest absolute Gasteiger partial charge is 0.303 e. The maximum absolute atomic E-state index is 12.3. The fraction of sp³-hybridized carbons (Fsp3) is 0.690. The zero-order valence-corrected chi connectivity index (χ0v) is 27.0. The maximum atomic E-state index is 12.3. The molecule has 0 aromatic heterocycles. The number of ether oxygens (including phenoxy) is 11. The summed E-state index contributed by atoms with van der Waals surface area (Å²) in [6, 6.07) is 0. The van der Waals surface area contributed by atoms with Crippen LogP contribution in [0, 0.1) is 0 Å².